The molecule has 1 aliphatic heterocycles. The van der Waals surface area contributed by atoms with Crippen molar-refractivity contribution in [2.75, 3.05) is 19.3 Å². The maximum atomic E-state index is 11.6. The van der Waals surface area contributed by atoms with E-state index < -0.39 is 10.0 Å². The molecule has 2 N–H and O–H groups in total. The Morgan fingerprint density at radius 1 is 1.36 bits per heavy atom. The molecule has 0 radical (unpaired) electrons. The molecule has 6 heteroatoms. The zero-order chi connectivity index (χ0) is 15.7. The molecular weight excluding hydrogens is 298 g/mol. The molecule has 0 spiro atoms. The van der Waals surface area contributed by atoms with Crippen molar-refractivity contribution in [3.8, 4) is 0 Å². The number of aromatic nitrogens is 1. The van der Waals surface area contributed by atoms with Crippen LogP contribution in [-0.4, -0.2) is 43.1 Å². The van der Waals surface area contributed by atoms with Gasteiger partial charge in [-0.15, -0.1) is 0 Å². The quantitative estimate of drug-likeness (QED) is 0.904. The normalized spacial score (nSPS) is 23.9. The van der Waals surface area contributed by atoms with Gasteiger partial charge >= 0.3 is 0 Å². The molecule has 1 fully saturated rings. The first-order chi connectivity index (χ1) is 10.4. The Morgan fingerprint density at radius 3 is 2.91 bits per heavy atom. The highest BCUT2D eigenvalue weighted by Crippen LogP contribution is 2.21. The van der Waals surface area contributed by atoms with E-state index in [1.165, 1.54) is 17.2 Å². The molecule has 0 aliphatic carbocycles. The Kier molecular flexibility index (Phi) is 4.25. The zero-order valence-corrected chi connectivity index (χ0v) is 13.9. The molecular formula is C16H23N3O2S. The first-order valence-corrected chi connectivity index (χ1v) is 9.53. The lowest BCUT2D eigenvalue weighted by molar-refractivity contribution is 0.220. The van der Waals surface area contributed by atoms with Crippen molar-refractivity contribution >= 4 is 20.9 Å². The maximum absolute atomic E-state index is 11.6. The molecule has 22 heavy (non-hydrogen) atoms. The molecule has 0 saturated carbocycles. The van der Waals surface area contributed by atoms with Crippen molar-refractivity contribution < 1.29 is 8.42 Å². The highest BCUT2D eigenvalue weighted by molar-refractivity contribution is 7.88. The minimum atomic E-state index is -3.07. The molecule has 1 aliphatic rings. The molecule has 0 amide bonds. The molecule has 2 heterocycles. The number of sulfonamides is 1. The number of nitrogens with one attached hydrogen (secondary N) is 2. The summed E-state index contributed by atoms with van der Waals surface area (Å²) < 4.78 is 24.9. The number of aromatic amines is 1. The summed E-state index contributed by atoms with van der Waals surface area (Å²) in [7, 11) is -3.07. The van der Waals surface area contributed by atoms with E-state index in [1.54, 1.807) is 4.31 Å². The monoisotopic (exact) mass is 321 g/mol. The van der Waals surface area contributed by atoms with Gasteiger partial charge in [0.25, 0.3) is 0 Å². The predicted octanol–water partition coefficient (Wildman–Crippen LogP) is 1.93. The van der Waals surface area contributed by atoms with Gasteiger partial charge in [-0.05, 0) is 30.0 Å². The van der Waals surface area contributed by atoms with Gasteiger partial charge in [-0.25, -0.2) is 12.7 Å². The van der Waals surface area contributed by atoms with E-state index in [4.69, 9.17) is 0 Å². The van der Waals surface area contributed by atoms with Crippen LogP contribution in [0.25, 0.3) is 10.9 Å². The van der Waals surface area contributed by atoms with Crippen molar-refractivity contribution in [1.82, 2.24) is 14.6 Å². The van der Waals surface area contributed by atoms with Gasteiger partial charge in [0.2, 0.25) is 10.0 Å². The van der Waals surface area contributed by atoms with E-state index in [9.17, 15) is 8.42 Å². The van der Waals surface area contributed by atoms with Crippen LogP contribution in [0.15, 0.2) is 30.5 Å². The zero-order valence-electron chi connectivity index (χ0n) is 13.0. The van der Waals surface area contributed by atoms with Crippen LogP contribution in [0.5, 0.6) is 0 Å². The number of H-pyrrole nitrogens is 1. The smallest absolute Gasteiger partial charge is 0.211 e. The van der Waals surface area contributed by atoms with Crippen molar-refractivity contribution in [3.63, 3.8) is 0 Å². The number of hydrogen-bond donors (Lipinski definition) is 2. The summed E-state index contributed by atoms with van der Waals surface area (Å²) in [6.07, 6.45) is 4.11. The standard InChI is InChI=1S/C16H23N3O2S/c1-12-11-19(22(2,20)21)9-7-15(12)18-10-13-4-3-5-16-14(13)6-8-17-16/h3-6,8,12,15,17-18H,7,9-11H2,1-2H3/t12-,15+/m0/s1. The van der Waals surface area contributed by atoms with Gasteiger partial charge in [-0.3, -0.25) is 0 Å². The third kappa shape index (κ3) is 3.19. The van der Waals surface area contributed by atoms with Crippen molar-refractivity contribution in [2.45, 2.75) is 25.9 Å². The van der Waals surface area contributed by atoms with E-state index in [2.05, 4.69) is 41.5 Å². The molecule has 120 valence electrons. The fraction of sp³-hybridized carbons (Fsp3) is 0.500. The Labute approximate surface area is 131 Å². The average Bonchev–Trinajstić information content (AvgIpc) is 2.94. The number of nitrogens with zero attached hydrogens (tertiary/aromatic N) is 1. The van der Waals surface area contributed by atoms with Gasteiger partial charge in [0.15, 0.2) is 0 Å². The number of fused-ring (bicyclic) bond motifs is 1. The van der Waals surface area contributed by atoms with Crippen molar-refractivity contribution in [2.24, 2.45) is 5.92 Å². The number of benzene rings is 1. The Balaban J connectivity index is 1.64. The van der Waals surface area contributed by atoms with Gasteiger partial charge in [-0.2, -0.15) is 0 Å². The highest BCUT2D eigenvalue weighted by atomic mass is 32.2. The number of rotatable bonds is 4. The third-order valence-electron chi connectivity index (χ3n) is 4.58. The first-order valence-electron chi connectivity index (χ1n) is 7.68. The summed E-state index contributed by atoms with van der Waals surface area (Å²) in [5.41, 5.74) is 2.43. The van der Waals surface area contributed by atoms with E-state index in [0.29, 0.717) is 25.0 Å². The lowest BCUT2D eigenvalue weighted by Gasteiger charge is -2.36. The lowest BCUT2D eigenvalue weighted by atomic mass is 9.95. The van der Waals surface area contributed by atoms with Crippen LogP contribution >= 0.6 is 0 Å². The van der Waals surface area contributed by atoms with E-state index >= 15 is 0 Å². The van der Waals surface area contributed by atoms with E-state index in [0.717, 1.165) is 18.5 Å². The number of piperidine rings is 1. The second kappa shape index (κ2) is 6.02. The lowest BCUT2D eigenvalue weighted by Crippen LogP contribution is -2.49. The second-order valence-corrected chi connectivity index (χ2v) is 8.21. The third-order valence-corrected chi connectivity index (χ3v) is 5.85. The van der Waals surface area contributed by atoms with Crippen LogP contribution in [0, 0.1) is 5.92 Å². The minimum Gasteiger partial charge on any atom is -0.361 e. The van der Waals surface area contributed by atoms with Gasteiger partial charge < -0.3 is 10.3 Å². The summed E-state index contributed by atoms with van der Waals surface area (Å²) >= 11 is 0. The number of hydrogen-bond acceptors (Lipinski definition) is 3. The van der Waals surface area contributed by atoms with Crippen molar-refractivity contribution in [3.05, 3.63) is 36.0 Å². The SMILES string of the molecule is C[C@H]1CN(S(C)(=O)=O)CC[C@H]1NCc1cccc2[nH]ccc12. The maximum Gasteiger partial charge on any atom is 0.211 e. The topological polar surface area (TPSA) is 65.2 Å². The summed E-state index contributed by atoms with van der Waals surface area (Å²) in [4.78, 5) is 3.23. The molecule has 3 rings (SSSR count). The van der Waals surface area contributed by atoms with Crippen LogP contribution in [0.1, 0.15) is 18.9 Å². The molecule has 0 bridgehead atoms. The molecule has 2 aromatic rings. The van der Waals surface area contributed by atoms with Gasteiger partial charge in [0, 0.05) is 42.8 Å². The largest absolute Gasteiger partial charge is 0.361 e. The molecule has 1 saturated heterocycles. The molecule has 2 atom stereocenters. The van der Waals surface area contributed by atoms with Gasteiger partial charge in [0.05, 0.1) is 6.26 Å². The van der Waals surface area contributed by atoms with E-state index in [-0.39, 0.29) is 0 Å². The molecule has 1 aromatic carbocycles. The summed E-state index contributed by atoms with van der Waals surface area (Å²) in [6, 6.07) is 8.73. The Morgan fingerprint density at radius 2 is 2.18 bits per heavy atom. The van der Waals surface area contributed by atoms with E-state index in [1.807, 2.05) is 6.20 Å². The van der Waals surface area contributed by atoms with Gasteiger partial charge in [-0.1, -0.05) is 19.1 Å². The van der Waals surface area contributed by atoms with Crippen LogP contribution in [0.3, 0.4) is 0 Å². The van der Waals surface area contributed by atoms with Crippen LogP contribution in [-0.2, 0) is 16.6 Å². The average molecular weight is 321 g/mol. The Hall–Kier alpha value is -1.37. The second-order valence-electron chi connectivity index (χ2n) is 6.23. The van der Waals surface area contributed by atoms with Crippen LogP contribution in [0.2, 0.25) is 0 Å². The Bertz CT molecular complexity index is 754. The van der Waals surface area contributed by atoms with Crippen molar-refractivity contribution in [1.29, 1.82) is 0 Å². The minimum absolute atomic E-state index is 0.314. The summed E-state index contributed by atoms with van der Waals surface area (Å²) in [5.74, 6) is 0.314. The van der Waals surface area contributed by atoms with Crippen LogP contribution in [0.4, 0.5) is 0 Å². The fourth-order valence-corrected chi connectivity index (χ4v) is 4.20. The molecule has 1 aromatic heterocycles. The summed E-state index contributed by atoms with van der Waals surface area (Å²) in [5, 5.41) is 4.85. The predicted molar refractivity (Wildman–Crippen MR) is 89.1 cm³/mol. The van der Waals surface area contributed by atoms with Gasteiger partial charge in [0.1, 0.15) is 0 Å². The first kappa shape index (κ1) is 15.5. The fourth-order valence-electron chi connectivity index (χ4n) is 3.26. The van der Waals surface area contributed by atoms with Crippen LogP contribution < -0.4 is 5.32 Å². The highest BCUT2D eigenvalue weighted by Gasteiger charge is 2.30. The molecule has 0 unspecified atom stereocenters. The summed E-state index contributed by atoms with van der Waals surface area (Å²) in [6.45, 7) is 4.13. The molecule has 5 nitrogen and oxygen atoms in total.